The molecule has 1 N–H and O–H groups in total. The number of halogens is 1. The van der Waals surface area contributed by atoms with Gasteiger partial charge in [-0.15, -0.1) is 5.10 Å². The first-order valence-corrected chi connectivity index (χ1v) is 7.56. The van der Waals surface area contributed by atoms with Gasteiger partial charge in [0.25, 0.3) is 14.2 Å². The van der Waals surface area contributed by atoms with E-state index in [1.165, 1.54) is 0 Å². The summed E-state index contributed by atoms with van der Waals surface area (Å²) >= 11 is 0. The summed E-state index contributed by atoms with van der Waals surface area (Å²) in [7, 11) is 1.29. The Kier molecular flexibility index (Phi) is 3.16. The Morgan fingerprint density at radius 3 is 2.33 bits per heavy atom. The Morgan fingerprint density at radius 2 is 1.83 bits per heavy atom. The summed E-state index contributed by atoms with van der Waals surface area (Å²) in [5.41, 5.74) is 0.522. The van der Waals surface area contributed by atoms with Gasteiger partial charge in [-0.05, 0) is 19.4 Å². The standard InChI is InChI=1S/C11H12ClN3O2S/c1-11(2,8-6-4-3-5-7-8)9-13-10(15-14-9)18(12,16)17/h3-7H,1-2H3,(H,13,14,15). The van der Waals surface area contributed by atoms with Crippen molar-refractivity contribution in [3.8, 4) is 0 Å². The van der Waals surface area contributed by atoms with Gasteiger partial charge >= 0.3 is 0 Å². The molecule has 7 heteroatoms. The molecule has 2 aromatic rings. The monoisotopic (exact) mass is 285 g/mol. The van der Waals surface area contributed by atoms with Gasteiger partial charge in [0.1, 0.15) is 5.82 Å². The molecule has 0 aliphatic heterocycles. The predicted octanol–water partition coefficient (Wildman–Crippen LogP) is 2.06. The molecule has 5 nitrogen and oxygen atoms in total. The second-order valence-electron chi connectivity index (χ2n) is 4.40. The number of aromatic nitrogens is 3. The first-order valence-electron chi connectivity index (χ1n) is 5.25. The van der Waals surface area contributed by atoms with Crippen LogP contribution in [0.2, 0.25) is 0 Å². The smallest absolute Gasteiger partial charge is 0.261 e. The van der Waals surface area contributed by atoms with E-state index in [4.69, 9.17) is 10.7 Å². The van der Waals surface area contributed by atoms with Crippen LogP contribution in [0, 0.1) is 0 Å². The third-order valence-electron chi connectivity index (χ3n) is 2.77. The third-order valence-corrected chi connectivity index (χ3v) is 3.80. The molecule has 1 heterocycles. The van der Waals surface area contributed by atoms with E-state index in [9.17, 15) is 8.42 Å². The molecule has 0 aliphatic carbocycles. The van der Waals surface area contributed by atoms with Gasteiger partial charge in [-0.1, -0.05) is 30.3 Å². The minimum absolute atomic E-state index is 0.400. The Balaban J connectivity index is 2.46. The Bertz CT molecular complexity index is 650. The lowest BCUT2D eigenvalue weighted by Gasteiger charge is -2.21. The molecular formula is C11H12ClN3O2S. The summed E-state index contributed by atoms with van der Waals surface area (Å²) in [5, 5.41) is 5.85. The topological polar surface area (TPSA) is 75.7 Å². The average molecular weight is 286 g/mol. The number of hydrogen-bond acceptors (Lipinski definition) is 4. The van der Waals surface area contributed by atoms with Crippen molar-refractivity contribution in [2.75, 3.05) is 0 Å². The molecule has 0 saturated heterocycles. The number of nitrogens with one attached hydrogen (secondary N) is 1. The van der Waals surface area contributed by atoms with Gasteiger partial charge in [0, 0.05) is 16.1 Å². The molecule has 1 aromatic heterocycles. The SMILES string of the molecule is CC(C)(c1ccccc1)c1nc(S(=O)(=O)Cl)n[nH]1. The van der Waals surface area contributed by atoms with E-state index in [2.05, 4.69) is 15.2 Å². The number of benzene rings is 1. The van der Waals surface area contributed by atoms with Crippen molar-refractivity contribution in [1.82, 2.24) is 15.2 Å². The third kappa shape index (κ3) is 2.39. The van der Waals surface area contributed by atoms with Gasteiger partial charge in [0.2, 0.25) is 0 Å². The lowest BCUT2D eigenvalue weighted by Crippen LogP contribution is -2.20. The van der Waals surface area contributed by atoms with Crippen LogP contribution in [0.25, 0.3) is 0 Å². The maximum Gasteiger partial charge on any atom is 0.298 e. The van der Waals surface area contributed by atoms with Gasteiger partial charge < -0.3 is 0 Å². The minimum atomic E-state index is -3.91. The lowest BCUT2D eigenvalue weighted by atomic mass is 9.84. The van der Waals surface area contributed by atoms with Crippen molar-refractivity contribution >= 4 is 19.7 Å². The van der Waals surface area contributed by atoms with Gasteiger partial charge in [-0.25, -0.2) is 13.4 Å². The van der Waals surface area contributed by atoms with Crippen LogP contribution in [0.4, 0.5) is 0 Å². The van der Waals surface area contributed by atoms with Crippen molar-refractivity contribution in [3.05, 3.63) is 41.7 Å². The van der Waals surface area contributed by atoms with E-state index in [0.29, 0.717) is 5.82 Å². The molecule has 18 heavy (non-hydrogen) atoms. The highest BCUT2D eigenvalue weighted by molar-refractivity contribution is 8.13. The second-order valence-corrected chi connectivity index (χ2v) is 6.86. The van der Waals surface area contributed by atoms with E-state index in [1.807, 2.05) is 44.2 Å². The molecular weight excluding hydrogens is 274 g/mol. The number of hydrogen-bond donors (Lipinski definition) is 1. The fourth-order valence-corrected chi connectivity index (χ4v) is 2.19. The second kappa shape index (κ2) is 4.37. The summed E-state index contributed by atoms with van der Waals surface area (Å²) in [6.45, 7) is 3.85. The maximum absolute atomic E-state index is 11.1. The molecule has 0 fully saturated rings. The van der Waals surface area contributed by atoms with Gasteiger partial charge in [-0.2, -0.15) is 0 Å². The lowest BCUT2D eigenvalue weighted by molar-refractivity contribution is 0.589. The summed E-state index contributed by atoms with van der Waals surface area (Å²) in [4.78, 5) is 3.94. The molecule has 0 atom stereocenters. The molecule has 0 aliphatic rings. The largest absolute Gasteiger partial charge is 0.298 e. The zero-order valence-corrected chi connectivity index (χ0v) is 11.5. The van der Waals surface area contributed by atoms with Crippen LogP contribution in [0.1, 0.15) is 25.2 Å². The van der Waals surface area contributed by atoms with Crippen LogP contribution < -0.4 is 0 Å². The quantitative estimate of drug-likeness (QED) is 0.876. The van der Waals surface area contributed by atoms with Crippen LogP contribution in [-0.2, 0) is 14.5 Å². The summed E-state index contributed by atoms with van der Waals surface area (Å²) in [5.74, 6) is 0.452. The summed E-state index contributed by atoms with van der Waals surface area (Å²) in [6, 6.07) is 9.61. The van der Waals surface area contributed by atoms with Gasteiger partial charge in [-0.3, -0.25) is 5.10 Å². The maximum atomic E-state index is 11.1. The molecule has 96 valence electrons. The van der Waals surface area contributed by atoms with Crippen LogP contribution in [0.5, 0.6) is 0 Å². The highest BCUT2D eigenvalue weighted by atomic mass is 35.7. The molecule has 0 unspecified atom stereocenters. The molecule has 0 amide bonds. The van der Waals surface area contributed by atoms with E-state index >= 15 is 0 Å². The first-order chi connectivity index (χ1) is 8.32. The highest BCUT2D eigenvalue weighted by Crippen LogP contribution is 2.29. The average Bonchev–Trinajstić information content (AvgIpc) is 2.79. The van der Waals surface area contributed by atoms with Crippen LogP contribution in [0.15, 0.2) is 35.5 Å². The van der Waals surface area contributed by atoms with Crippen molar-refractivity contribution < 1.29 is 8.42 Å². The molecule has 1 aromatic carbocycles. The Morgan fingerprint density at radius 1 is 1.22 bits per heavy atom. The van der Waals surface area contributed by atoms with Crippen molar-refractivity contribution in [3.63, 3.8) is 0 Å². The number of H-pyrrole nitrogens is 1. The molecule has 0 saturated carbocycles. The molecule has 2 rings (SSSR count). The zero-order chi connectivity index (χ0) is 13.4. The molecule has 0 radical (unpaired) electrons. The predicted molar refractivity (Wildman–Crippen MR) is 68.0 cm³/mol. The fraction of sp³-hybridized carbons (Fsp3) is 0.273. The minimum Gasteiger partial charge on any atom is -0.261 e. The van der Waals surface area contributed by atoms with Crippen molar-refractivity contribution in [1.29, 1.82) is 0 Å². The van der Waals surface area contributed by atoms with E-state index in [0.717, 1.165) is 5.56 Å². The zero-order valence-electron chi connectivity index (χ0n) is 9.88. The fourth-order valence-electron chi connectivity index (χ4n) is 1.63. The van der Waals surface area contributed by atoms with Crippen molar-refractivity contribution in [2.24, 2.45) is 0 Å². The number of aromatic amines is 1. The number of nitrogens with zero attached hydrogens (tertiary/aromatic N) is 2. The Hall–Kier alpha value is -1.40. The van der Waals surface area contributed by atoms with E-state index in [-0.39, 0.29) is 0 Å². The van der Waals surface area contributed by atoms with Crippen LogP contribution >= 0.6 is 10.7 Å². The van der Waals surface area contributed by atoms with Crippen LogP contribution in [-0.4, -0.2) is 23.6 Å². The summed E-state index contributed by atoms with van der Waals surface area (Å²) < 4.78 is 22.3. The molecule has 0 spiro atoms. The van der Waals surface area contributed by atoms with Gasteiger partial charge in [0.15, 0.2) is 0 Å². The Labute approximate surface area is 110 Å². The van der Waals surface area contributed by atoms with E-state index in [1.54, 1.807) is 0 Å². The summed E-state index contributed by atoms with van der Waals surface area (Å²) in [6.07, 6.45) is 0. The normalized spacial score (nSPS) is 12.6. The number of rotatable bonds is 3. The van der Waals surface area contributed by atoms with Crippen molar-refractivity contribution in [2.45, 2.75) is 24.4 Å². The first kappa shape index (κ1) is 13.0. The molecule has 0 bridgehead atoms. The van der Waals surface area contributed by atoms with Gasteiger partial charge in [0.05, 0.1) is 0 Å². The highest BCUT2D eigenvalue weighted by Gasteiger charge is 2.29. The van der Waals surface area contributed by atoms with E-state index < -0.39 is 19.6 Å². The van der Waals surface area contributed by atoms with Crippen LogP contribution in [0.3, 0.4) is 0 Å².